The van der Waals surface area contributed by atoms with Crippen molar-refractivity contribution in [3.8, 4) is 0 Å². The lowest BCUT2D eigenvalue weighted by Gasteiger charge is -2.24. The first-order chi connectivity index (χ1) is 6.60. The van der Waals surface area contributed by atoms with Gasteiger partial charge >= 0.3 is 0 Å². The summed E-state index contributed by atoms with van der Waals surface area (Å²) < 4.78 is 0. The fourth-order valence-electron chi connectivity index (χ4n) is 1.70. The standard InChI is InChI=1S/C13H21N/c1-4-11-5-7-12(8-6-11)13(2,3)9-10-14/h5-8H,4,9-10,14H2,1-3H3. The molecule has 0 saturated heterocycles. The highest BCUT2D eigenvalue weighted by molar-refractivity contribution is 5.28. The lowest BCUT2D eigenvalue weighted by molar-refractivity contribution is 0.487. The van der Waals surface area contributed by atoms with Crippen molar-refractivity contribution in [1.29, 1.82) is 0 Å². The minimum absolute atomic E-state index is 0.209. The van der Waals surface area contributed by atoms with E-state index in [1.807, 2.05) is 0 Å². The van der Waals surface area contributed by atoms with Gasteiger partial charge in [0.15, 0.2) is 0 Å². The van der Waals surface area contributed by atoms with Crippen molar-refractivity contribution in [2.24, 2.45) is 5.73 Å². The third-order valence-corrected chi connectivity index (χ3v) is 2.91. The molecule has 0 unspecified atom stereocenters. The second-order valence-corrected chi connectivity index (χ2v) is 4.47. The molecule has 0 aliphatic heterocycles. The molecule has 1 aromatic carbocycles. The first-order valence-electron chi connectivity index (χ1n) is 5.39. The first kappa shape index (κ1) is 11.3. The monoisotopic (exact) mass is 191 g/mol. The molecule has 0 aliphatic rings. The van der Waals surface area contributed by atoms with E-state index in [4.69, 9.17) is 5.73 Å². The van der Waals surface area contributed by atoms with E-state index in [1.54, 1.807) is 0 Å². The number of hydrogen-bond donors (Lipinski definition) is 1. The van der Waals surface area contributed by atoms with E-state index < -0.39 is 0 Å². The minimum atomic E-state index is 0.209. The van der Waals surface area contributed by atoms with Crippen LogP contribution in [0.1, 0.15) is 38.3 Å². The summed E-state index contributed by atoms with van der Waals surface area (Å²) in [5.74, 6) is 0. The Hall–Kier alpha value is -0.820. The molecule has 2 N–H and O–H groups in total. The minimum Gasteiger partial charge on any atom is -0.330 e. The van der Waals surface area contributed by atoms with Gasteiger partial charge in [0.1, 0.15) is 0 Å². The topological polar surface area (TPSA) is 26.0 Å². The van der Waals surface area contributed by atoms with Crippen LogP contribution in [0, 0.1) is 0 Å². The molecule has 14 heavy (non-hydrogen) atoms. The highest BCUT2D eigenvalue weighted by Crippen LogP contribution is 2.26. The lowest BCUT2D eigenvalue weighted by Crippen LogP contribution is -2.21. The number of nitrogens with two attached hydrogens (primary N) is 1. The smallest absolute Gasteiger partial charge is 0.00690 e. The highest BCUT2D eigenvalue weighted by atomic mass is 14.5. The van der Waals surface area contributed by atoms with Crippen molar-refractivity contribution >= 4 is 0 Å². The molecule has 0 atom stereocenters. The molecule has 0 fully saturated rings. The van der Waals surface area contributed by atoms with E-state index >= 15 is 0 Å². The molecule has 1 heteroatoms. The second kappa shape index (κ2) is 4.61. The van der Waals surface area contributed by atoms with Crippen LogP contribution < -0.4 is 5.73 Å². The van der Waals surface area contributed by atoms with Crippen LogP contribution in [0.25, 0.3) is 0 Å². The fourth-order valence-corrected chi connectivity index (χ4v) is 1.70. The molecule has 0 amide bonds. The van der Waals surface area contributed by atoms with E-state index in [1.165, 1.54) is 11.1 Å². The lowest BCUT2D eigenvalue weighted by atomic mass is 9.81. The van der Waals surface area contributed by atoms with Gasteiger partial charge in [0, 0.05) is 0 Å². The van der Waals surface area contributed by atoms with E-state index in [-0.39, 0.29) is 5.41 Å². The molecule has 0 spiro atoms. The van der Waals surface area contributed by atoms with Crippen LogP contribution in [-0.2, 0) is 11.8 Å². The molecule has 1 rings (SSSR count). The maximum Gasteiger partial charge on any atom is -0.00690 e. The molecular formula is C13H21N. The van der Waals surface area contributed by atoms with Gasteiger partial charge in [-0.05, 0) is 35.9 Å². The number of rotatable bonds is 4. The third-order valence-electron chi connectivity index (χ3n) is 2.91. The molecule has 78 valence electrons. The molecule has 1 nitrogen and oxygen atoms in total. The summed E-state index contributed by atoms with van der Waals surface area (Å²) in [6.07, 6.45) is 2.15. The molecule has 0 bridgehead atoms. The van der Waals surface area contributed by atoms with Crippen molar-refractivity contribution < 1.29 is 0 Å². The zero-order chi connectivity index (χ0) is 10.6. The van der Waals surface area contributed by atoms with Crippen molar-refractivity contribution in [3.05, 3.63) is 35.4 Å². The normalized spacial score (nSPS) is 11.7. The van der Waals surface area contributed by atoms with Crippen LogP contribution in [0.5, 0.6) is 0 Å². The Labute approximate surface area is 87.3 Å². The molecule has 1 aromatic rings. The van der Waals surface area contributed by atoms with Gasteiger partial charge in [-0.25, -0.2) is 0 Å². The Morgan fingerprint density at radius 1 is 1.14 bits per heavy atom. The summed E-state index contributed by atoms with van der Waals surface area (Å²) in [5, 5.41) is 0. The molecule has 0 saturated carbocycles. The molecule has 0 heterocycles. The van der Waals surface area contributed by atoms with E-state index in [0.717, 1.165) is 19.4 Å². The zero-order valence-corrected chi connectivity index (χ0v) is 9.51. The zero-order valence-electron chi connectivity index (χ0n) is 9.51. The quantitative estimate of drug-likeness (QED) is 0.778. The SMILES string of the molecule is CCc1ccc(C(C)(C)CCN)cc1. The largest absolute Gasteiger partial charge is 0.330 e. The summed E-state index contributed by atoms with van der Waals surface area (Å²) in [6.45, 7) is 7.43. The third kappa shape index (κ3) is 2.58. The first-order valence-corrected chi connectivity index (χ1v) is 5.39. The van der Waals surface area contributed by atoms with Crippen molar-refractivity contribution in [1.82, 2.24) is 0 Å². The van der Waals surface area contributed by atoms with Gasteiger partial charge in [0.25, 0.3) is 0 Å². The van der Waals surface area contributed by atoms with Crippen molar-refractivity contribution in [2.45, 2.75) is 39.0 Å². The van der Waals surface area contributed by atoms with Gasteiger partial charge in [0.2, 0.25) is 0 Å². The van der Waals surface area contributed by atoms with Crippen LogP contribution in [0.3, 0.4) is 0 Å². The van der Waals surface area contributed by atoms with Crippen molar-refractivity contribution in [3.63, 3.8) is 0 Å². The molecule has 0 radical (unpaired) electrons. The van der Waals surface area contributed by atoms with Gasteiger partial charge in [0.05, 0.1) is 0 Å². The molecular weight excluding hydrogens is 170 g/mol. The van der Waals surface area contributed by atoms with Gasteiger partial charge in [-0.1, -0.05) is 45.0 Å². The fraction of sp³-hybridized carbons (Fsp3) is 0.538. The maximum atomic E-state index is 5.61. The Morgan fingerprint density at radius 3 is 2.14 bits per heavy atom. The van der Waals surface area contributed by atoms with Crippen LogP contribution >= 0.6 is 0 Å². The molecule has 0 aromatic heterocycles. The highest BCUT2D eigenvalue weighted by Gasteiger charge is 2.18. The van der Waals surface area contributed by atoms with Crippen LogP contribution in [0.2, 0.25) is 0 Å². The van der Waals surface area contributed by atoms with Crippen LogP contribution in [0.4, 0.5) is 0 Å². The average Bonchev–Trinajstić information content (AvgIpc) is 2.18. The van der Waals surface area contributed by atoms with Crippen molar-refractivity contribution in [2.75, 3.05) is 6.54 Å². The summed E-state index contributed by atoms with van der Waals surface area (Å²) in [4.78, 5) is 0. The predicted molar refractivity (Wildman–Crippen MR) is 62.5 cm³/mol. The number of hydrogen-bond acceptors (Lipinski definition) is 1. The average molecular weight is 191 g/mol. The Bertz CT molecular complexity index is 272. The van der Waals surface area contributed by atoms with Crippen LogP contribution in [0.15, 0.2) is 24.3 Å². The second-order valence-electron chi connectivity index (χ2n) is 4.47. The van der Waals surface area contributed by atoms with Crippen LogP contribution in [-0.4, -0.2) is 6.54 Å². The summed E-state index contributed by atoms with van der Waals surface area (Å²) >= 11 is 0. The van der Waals surface area contributed by atoms with Gasteiger partial charge < -0.3 is 5.73 Å². The summed E-state index contributed by atoms with van der Waals surface area (Å²) in [7, 11) is 0. The van der Waals surface area contributed by atoms with Gasteiger partial charge in [-0.15, -0.1) is 0 Å². The van der Waals surface area contributed by atoms with Gasteiger partial charge in [-0.3, -0.25) is 0 Å². The molecule has 0 aliphatic carbocycles. The summed E-state index contributed by atoms with van der Waals surface area (Å²) in [6, 6.07) is 8.89. The van der Waals surface area contributed by atoms with E-state index in [2.05, 4.69) is 45.0 Å². The number of benzene rings is 1. The van der Waals surface area contributed by atoms with E-state index in [0.29, 0.717) is 0 Å². The Kier molecular flexibility index (Phi) is 3.70. The number of aryl methyl sites for hydroxylation is 1. The predicted octanol–water partition coefficient (Wildman–Crippen LogP) is 2.88. The maximum absolute atomic E-state index is 5.61. The Balaban J connectivity index is 2.85. The summed E-state index contributed by atoms with van der Waals surface area (Å²) in [5.41, 5.74) is 8.61. The Morgan fingerprint density at radius 2 is 1.71 bits per heavy atom. The van der Waals surface area contributed by atoms with Gasteiger partial charge in [-0.2, -0.15) is 0 Å². The van der Waals surface area contributed by atoms with E-state index in [9.17, 15) is 0 Å².